The quantitative estimate of drug-likeness (QED) is 0.113. The highest BCUT2D eigenvalue weighted by Gasteiger charge is 2.18. The first-order valence-corrected chi connectivity index (χ1v) is 16.6. The van der Waals surface area contributed by atoms with Gasteiger partial charge in [0.05, 0.1) is 13.2 Å². The van der Waals surface area contributed by atoms with Crippen LogP contribution < -0.4 is 24.3 Å². The number of benzene rings is 3. The molecular formula is C38H47NO9. The first kappa shape index (κ1) is 36.1. The van der Waals surface area contributed by atoms with Gasteiger partial charge in [0.2, 0.25) is 6.79 Å². The van der Waals surface area contributed by atoms with Crippen molar-refractivity contribution in [3.05, 3.63) is 71.3 Å². The van der Waals surface area contributed by atoms with Crippen LogP contribution in [0, 0.1) is 5.41 Å². The SMILES string of the molecule is CC(C)(C)CNC(=O)c1cc(OCCCCCCc2cccc(OCCCC(=O)O)c2CCC(=O)O)cc(-c2ccc3c(c2)OCO3)c1. The molecule has 1 aliphatic rings. The number of amides is 1. The molecule has 3 N–H and O–H groups in total. The highest BCUT2D eigenvalue weighted by atomic mass is 16.7. The molecule has 0 saturated heterocycles. The van der Waals surface area contributed by atoms with E-state index in [9.17, 15) is 19.5 Å². The van der Waals surface area contributed by atoms with Crippen LogP contribution >= 0.6 is 0 Å². The summed E-state index contributed by atoms with van der Waals surface area (Å²) in [6.45, 7) is 7.70. The van der Waals surface area contributed by atoms with Gasteiger partial charge in [-0.05, 0) is 96.2 Å². The molecule has 1 amide bonds. The monoisotopic (exact) mass is 661 g/mol. The molecule has 0 atom stereocenters. The second-order valence-corrected chi connectivity index (χ2v) is 13.2. The maximum Gasteiger partial charge on any atom is 0.303 e. The smallest absolute Gasteiger partial charge is 0.303 e. The van der Waals surface area contributed by atoms with E-state index in [0.717, 1.165) is 54.4 Å². The molecule has 3 aromatic carbocycles. The number of carbonyl (C=O) groups is 3. The van der Waals surface area contributed by atoms with Crippen LogP contribution in [0.15, 0.2) is 54.6 Å². The molecule has 1 aliphatic heterocycles. The Kier molecular flexibility index (Phi) is 13.1. The van der Waals surface area contributed by atoms with Crippen LogP contribution in [-0.4, -0.2) is 54.6 Å². The average molecular weight is 662 g/mol. The van der Waals surface area contributed by atoms with E-state index in [0.29, 0.717) is 54.6 Å². The fourth-order valence-corrected chi connectivity index (χ4v) is 5.37. The molecule has 48 heavy (non-hydrogen) atoms. The Hall–Kier alpha value is -4.73. The van der Waals surface area contributed by atoms with Gasteiger partial charge >= 0.3 is 11.9 Å². The first-order valence-electron chi connectivity index (χ1n) is 16.6. The highest BCUT2D eigenvalue weighted by Crippen LogP contribution is 2.37. The third kappa shape index (κ3) is 11.5. The molecule has 10 nitrogen and oxygen atoms in total. The number of carboxylic acids is 2. The molecular weight excluding hydrogens is 614 g/mol. The van der Waals surface area contributed by atoms with E-state index in [1.54, 1.807) is 6.07 Å². The van der Waals surface area contributed by atoms with Gasteiger partial charge in [-0.2, -0.15) is 0 Å². The Bertz CT molecular complexity index is 1560. The zero-order chi connectivity index (χ0) is 34.5. The van der Waals surface area contributed by atoms with Crippen molar-refractivity contribution < 1.29 is 43.5 Å². The number of unbranched alkanes of at least 4 members (excludes halogenated alkanes) is 3. The lowest BCUT2D eigenvalue weighted by molar-refractivity contribution is -0.138. The minimum atomic E-state index is -0.874. The van der Waals surface area contributed by atoms with Crippen molar-refractivity contribution in [2.24, 2.45) is 5.41 Å². The van der Waals surface area contributed by atoms with Crippen molar-refractivity contribution in [3.63, 3.8) is 0 Å². The summed E-state index contributed by atoms with van der Waals surface area (Å²) < 4.78 is 23.1. The lowest BCUT2D eigenvalue weighted by Gasteiger charge is -2.19. The lowest BCUT2D eigenvalue weighted by atomic mass is 9.96. The van der Waals surface area contributed by atoms with Crippen LogP contribution in [0.3, 0.4) is 0 Å². The fourth-order valence-electron chi connectivity index (χ4n) is 5.37. The van der Waals surface area contributed by atoms with Crippen molar-refractivity contribution in [1.82, 2.24) is 5.32 Å². The summed E-state index contributed by atoms with van der Waals surface area (Å²) in [5, 5.41) is 21.2. The summed E-state index contributed by atoms with van der Waals surface area (Å²) in [6, 6.07) is 17.0. The number of hydrogen-bond acceptors (Lipinski definition) is 7. The fraction of sp³-hybridized carbons (Fsp3) is 0.447. The number of hydrogen-bond donors (Lipinski definition) is 3. The average Bonchev–Trinajstić information content (AvgIpc) is 3.52. The van der Waals surface area contributed by atoms with Gasteiger partial charge < -0.3 is 34.5 Å². The van der Waals surface area contributed by atoms with Crippen LogP contribution in [-0.2, 0) is 22.4 Å². The second kappa shape index (κ2) is 17.4. The number of aryl methyl sites for hydroxylation is 1. The highest BCUT2D eigenvalue weighted by molar-refractivity contribution is 5.96. The Morgan fingerprint density at radius 2 is 1.52 bits per heavy atom. The van der Waals surface area contributed by atoms with Crippen LogP contribution in [0.1, 0.15) is 87.2 Å². The van der Waals surface area contributed by atoms with E-state index < -0.39 is 11.9 Å². The summed E-state index contributed by atoms with van der Waals surface area (Å²) in [6.07, 6.45) is 5.19. The molecule has 4 rings (SSSR count). The summed E-state index contributed by atoms with van der Waals surface area (Å²) in [5.41, 5.74) is 4.15. The van der Waals surface area contributed by atoms with Crippen LogP contribution in [0.4, 0.5) is 0 Å². The van der Waals surface area contributed by atoms with Crippen LogP contribution in [0.25, 0.3) is 11.1 Å². The Balaban J connectivity index is 1.33. The number of aliphatic carboxylic acids is 2. The molecule has 0 saturated carbocycles. The maximum atomic E-state index is 13.1. The Labute approximate surface area is 282 Å². The van der Waals surface area contributed by atoms with Gasteiger partial charge in [0.15, 0.2) is 11.5 Å². The minimum Gasteiger partial charge on any atom is -0.494 e. The van der Waals surface area contributed by atoms with Gasteiger partial charge in [0.1, 0.15) is 11.5 Å². The van der Waals surface area contributed by atoms with Crippen molar-refractivity contribution in [1.29, 1.82) is 0 Å². The number of carbonyl (C=O) groups excluding carboxylic acids is 1. The molecule has 0 radical (unpaired) electrons. The van der Waals surface area contributed by atoms with Gasteiger partial charge in [-0.25, -0.2) is 0 Å². The van der Waals surface area contributed by atoms with Crippen molar-refractivity contribution >= 4 is 17.8 Å². The van der Waals surface area contributed by atoms with Crippen LogP contribution in [0.2, 0.25) is 0 Å². The maximum absolute atomic E-state index is 13.1. The van der Waals surface area contributed by atoms with E-state index in [4.69, 9.17) is 24.1 Å². The number of nitrogens with one attached hydrogen (secondary N) is 1. The van der Waals surface area contributed by atoms with Gasteiger partial charge in [0.25, 0.3) is 5.91 Å². The molecule has 0 spiro atoms. The normalized spacial score (nSPS) is 12.1. The van der Waals surface area contributed by atoms with Crippen molar-refractivity contribution in [3.8, 4) is 34.1 Å². The third-order valence-corrected chi connectivity index (χ3v) is 7.87. The molecule has 10 heteroatoms. The molecule has 1 heterocycles. The topological polar surface area (TPSA) is 141 Å². The van der Waals surface area contributed by atoms with Crippen LogP contribution in [0.5, 0.6) is 23.0 Å². The van der Waals surface area contributed by atoms with E-state index in [-0.39, 0.29) is 37.6 Å². The number of rotatable bonds is 19. The molecule has 0 aromatic heterocycles. The molecule has 0 unspecified atom stereocenters. The van der Waals surface area contributed by atoms with Crippen molar-refractivity contribution in [2.45, 2.75) is 78.6 Å². The zero-order valence-electron chi connectivity index (χ0n) is 28.1. The lowest BCUT2D eigenvalue weighted by Crippen LogP contribution is -2.32. The molecule has 258 valence electrons. The Morgan fingerprint density at radius 3 is 2.29 bits per heavy atom. The van der Waals surface area contributed by atoms with Gasteiger partial charge in [0, 0.05) is 24.9 Å². The summed E-state index contributed by atoms with van der Waals surface area (Å²) in [4.78, 5) is 35.2. The molecule has 3 aromatic rings. The zero-order valence-corrected chi connectivity index (χ0v) is 28.1. The minimum absolute atomic E-state index is 0.00430. The summed E-state index contributed by atoms with van der Waals surface area (Å²) in [5.74, 6) is 0.704. The Morgan fingerprint density at radius 1 is 0.771 bits per heavy atom. The predicted octanol–water partition coefficient (Wildman–Crippen LogP) is 7.30. The molecule has 0 fully saturated rings. The molecule has 0 bridgehead atoms. The largest absolute Gasteiger partial charge is 0.494 e. The summed E-state index contributed by atoms with van der Waals surface area (Å²) in [7, 11) is 0. The predicted molar refractivity (Wildman–Crippen MR) is 182 cm³/mol. The van der Waals surface area contributed by atoms with E-state index in [1.165, 1.54) is 0 Å². The molecule has 0 aliphatic carbocycles. The number of fused-ring (bicyclic) bond motifs is 1. The van der Waals surface area contributed by atoms with Gasteiger partial charge in [-0.1, -0.05) is 51.8 Å². The first-order chi connectivity index (χ1) is 23.0. The van der Waals surface area contributed by atoms with Crippen molar-refractivity contribution in [2.75, 3.05) is 26.6 Å². The standard InChI is InChI=1S/C38H47NO9/c1-38(2,3)24-39-37(44)29-20-28(27-14-16-33-34(23-27)48-25-47-33)21-30(22-29)45-18-7-5-4-6-10-26-11-8-12-32(31(26)15-17-36(42)43)46-19-9-13-35(40)41/h8,11-12,14,16,20-23H,4-7,9-10,13,15,17-19,24-25H2,1-3H3,(H,39,44)(H,40,41)(H,42,43). The summed E-state index contributed by atoms with van der Waals surface area (Å²) >= 11 is 0. The van der Waals surface area contributed by atoms with E-state index >= 15 is 0 Å². The number of ether oxygens (including phenoxy) is 4. The van der Waals surface area contributed by atoms with E-state index in [1.807, 2.05) is 48.5 Å². The second-order valence-electron chi connectivity index (χ2n) is 13.2. The van der Waals surface area contributed by atoms with E-state index in [2.05, 4.69) is 26.1 Å². The number of carboxylic acid groups (broad SMARTS) is 2. The van der Waals surface area contributed by atoms with Gasteiger partial charge in [-0.15, -0.1) is 0 Å². The third-order valence-electron chi connectivity index (χ3n) is 7.87. The van der Waals surface area contributed by atoms with Gasteiger partial charge in [-0.3, -0.25) is 14.4 Å².